The number of nitrogens with one attached hydrogen (secondary N) is 1. The zero-order valence-electron chi connectivity index (χ0n) is 17.9. The van der Waals surface area contributed by atoms with Gasteiger partial charge in [-0.3, -0.25) is 9.63 Å². The molecule has 0 aliphatic carbocycles. The normalized spacial score (nSPS) is 11.5. The molecule has 0 atom stereocenters. The standard InChI is InChI=1S/C23H28N4O2S/c1-5-27-21(18-11-13-19(14-12-18)23(2,3)4)24-25-22(27)30-16-20(28)26-29-15-17-9-7-6-8-10-17/h6-14H,5,15-16H2,1-4H3,(H,26,28). The molecule has 0 unspecified atom stereocenters. The third-order valence-electron chi connectivity index (χ3n) is 4.64. The van der Waals surface area contributed by atoms with E-state index in [2.05, 4.69) is 60.7 Å². The fraction of sp³-hybridized carbons (Fsp3) is 0.348. The van der Waals surface area contributed by atoms with Gasteiger partial charge in [0.1, 0.15) is 0 Å². The summed E-state index contributed by atoms with van der Waals surface area (Å²) >= 11 is 1.35. The molecule has 1 heterocycles. The summed E-state index contributed by atoms with van der Waals surface area (Å²) in [5.41, 5.74) is 5.87. The van der Waals surface area contributed by atoms with Crippen molar-refractivity contribution < 1.29 is 9.63 Å². The lowest BCUT2D eigenvalue weighted by molar-refractivity contribution is -0.131. The van der Waals surface area contributed by atoms with Gasteiger partial charge >= 0.3 is 0 Å². The summed E-state index contributed by atoms with van der Waals surface area (Å²) in [7, 11) is 0. The Morgan fingerprint density at radius 2 is 1.77 bits per heavy atom. The number of hydroxylamine groups is 1. The highest BCUT2D eigenvalue weighted by molar-refractivity contribution is 7.99. The third-order valence-corrected chi connectivity index (χ3v) is 5.61. The zero-order valence-corrected chi connectivity index (χ0v) is 18.7. The fourth-order valence-corrected chi connectivity index (χ4v) is 3.74. The monoisotopic (exact) mass is 424 g/mol. The highest BCUT2D eigenvalue weighted by Crippen LogP contribution is 2.27. The molecule has 1 amide bonds. The van der Waals surface area contributed by atoms with Crippen molar-refractivity contribution in [3.05, 3.63) is 65.7 Å². The molecule has 0 aliphatic rings. The van der Waals surface area contributed by atoms with E-state index in [9.17, 15) is 4.79 Å². The lowest BCUT2D eigenvalue weighted by Crippen LogP contribution is -2.25. The number of carbonyl (C=O) groups is 1. The molecular formula is C23H28N4O2S. The van der Waals surface area contributed by atoms with Crippen molar-refractivity contribution in [3.63, 3.8) is 0 Å². The molecule has 2 aromatic carbocycles. The molecule has 1 aromatic heterocycles. The van der Waals surface area contributed by atoms with E-state index in [0.717, 1.165) is 23.5 Å². The number of benzene rings is 2. The summed E-state index contributed by atoms with van der Waals surface area (Å²) in [5.74, 6) is 0.800. The van der Waals surface area contributed by atoms with Crippen LogP contribution in [0.4, 0.5) is 0 Å². The first-order chi connectivity index (χ1) is 14.4. The van der Waals surface area contributed by atoms with E-state index in [1.807, 2.05) is 41.8 Å². The van der Waals surface area contributed by atoms with Crippen LogP contribution in [-0.4, -0.2) is 26.4 Å². The fourth-order valence-electron chi connectivity index (χ4n) is 2.95. The molecule has 3 rings (SSSR count). The summed E-state index contributed by atoms with van der Waals surface area (Å²) in [6, 6.07) is 18.1. The number of rotatable bonds is 8. The number of hydrogen-bond donors (Lipinski definition) is 1. The molecule has 0 fully saturated rings. The Bertz CT molecular complexity index is 963. The van der Waals surface area contributed by atoms with E-state index in [0.29, 0.717) is 11.8 Å². The molecule has 6 nitrogen and oxygen atoms in total. The average molecular weight is 425 g/mol. The summed E-state index contributed by atoms with van der Waals surface area (Å²) < 4.78 is 2.02. The summed E-state index contributed by atoms with van der Waals surface area (Å²) in [5, 5.41) is 9.36. The summed E-state index contributed by atoms with van der Waals surface area (Å²) in [6.45, 7) is 9.68. The van der Waals surface area contributed by atoms with Crippen LogP contribution in [0, 0.1) is 0 Å². The first-order valence-corrected chi connectivity index (χ1v) is 11.0. The van der Waals surface area contributed by atoms with Crippen molar-refractivity contribution >= 4 is 17.7 Å². The van der Waals surface area contributed by atoms with Crippen LogP contribution >= 0.6 is 11.8 Å². The molecular weight excluding hydrogens is 396 g/mol. The molecule has 1 N–H and O–H groups in total. The van der Waals surface area contributed by atoms with Gasteiger partial charge in [-0.15, -0.1) is 10.2 Å². The maximum atomic E-state index is 12.1. The number of hydrogen-bond acceptors (Lipinski definition) is 5. The van der Waals surface area contributed by atoms with Crippen LogP contribution in [0.3, 0.4) is 0 Å². The van der Waals surface area contributed by atoms with Gasteiger partial charge in [0.25, 0.3) is 5.91 Å². The van der Waals surface area contributed by atoms with Crippen molar-refractivity contribution in [1.82, 2.24) is 20.2 Å². The van der Waals surface area contributed by atoms with E-state index in [4.69, 9.17) is 4.84 Å². The van der Waals surface area contributed by atoms with Crippen LogP contribution < -0.4 is 5.48 Å². The Kier molecular flexibility index (Phi) is 7.29. The minimum atomic E-state index is -0.210. The van der Waals surface area contributed by atoms with Gasteiger partial charge in [0.2, 0.25) is 0 Å². The second kappa shape index (κ2) is 9.91. The van der Waals surface area contributed by atoms with Gasteiger partial charge in [0.15, 0.2) is 11.0 Å². The zero-order chi connectivity index (χ0) is 21.6. The van der Waals surface area contributed by atoms with E-state index < -0.39 is 0 Å². The molecule has 0 saturated carbocycles. The lowest BCUT2D eigenvalue weighted by Gasteiger charge is -2.19. The number of thioether (sulfide) groups is 1. The Morgan fingerprint density at radius 3 is 2.40 bits per heavy atom. The van der Waals surface area contributed by atoms with Crippen molar-refractivity contribution in [2.45, 2.75) is 51.4 Å². The van der Waals surface area contributed by atoms with Crippen LogP contribution in [-0.2, 0) is 28.2 Å². The first kappa shape index (κ1) is 22.1. The van der Waals surface area contributed by atoms with Gasteiger partial charge in [-0.2, -0.15) is 0 Å². The maximum Gasteiger partial charge on any atom is 0.254 e. The van der Waals surface area contributed by atoms with Gasteiger partial charge in [-0.25, -0.2) is 5.48 Å². The van der Waals surface area contributed by atoms with Gasteiger partial charge in [-0.1, -0.05) is 87.1 Å². The highest BCUT2D eigenvalue weighted by Gasteiger charge is 2.17. The van der Waals surface area contributed by atoms with Crippen molar-refractivity contribution in [2.24, 2.45) is 0 Å². The Morgan fingerprint density at radius 1 is 1.07 bits per heavy atom. The second-order valence-electron chi connectivity index (χ2n) is 7.97. The van der Waals surface area contributed by atoms with Crippen LogP contribution in [0.2, 0.25) is 0 Å². The molecule has 0 radical (unpaired) electrons. The number of amides is 1. The topological polar surface area (TPSA) is 69.0 Å². The van der Waals surface area contributed by atoms with Crippen LogP contribution in [0.1, 0.15) is 38.8 Å². The number of carbonyl (C=O) groups excluding carboxylic acids is 1. The lowest BCUT2D eigenvalue weighted by atomic mass is 9.87. The number of nitrogens with zero attached hydrogens (tertiary/aromatic N) is 3. The van der Waals surface area contributed by atoms with E-state index in [1.54, 1.807) is 0 Å². The quantitative estimate of drug-likeness (QED) is 0.423. The molecule has 0 saturated heterocycles. The number of aromatic nitrogens is 3. The molecule has 0 aliphatic heterocycles. The first-order valence-electron chi connectivity index (χ1n) is 10.00. The minimum Gasteiger partial charge on any atom is -0.302 e. The van der Waals surface area contributed by atoms with Gasteiger partial charge < -0.3 is 4.57 Å². The van der Waals surface area contributed by atoms with Crippen LogP contribution in [0.15, 0.2) is 59.8 Å². The Balaban J connectivity index is 1.58. The molecule has 0 spiro atoms. The SMILES string of the molecule is CCn1c(SCC(=O)NOCc2ccccc2)nnc1-c1ccc(C(C)(C)C)cc1. The largest absolute Gasteiger partial charge is 0.302 e. The second-order valence-corrected chi connectivity index (χ2v) is 8.91. The van der Waals surface area contributed by atoms with Crippen LogP contribution in [0.5, 0.6) is 0 Å². The highest BCUT2D eigenvalue weighted by atomic mass is 32.2. The molecule has 0 bridgehead atoms. The Hall–Kier alpha value is -2.64. The van der Waals surface area contributed by atoms with Crippen molar-refractivity contribution in [3.8, 4) is 11.4 Å². The average Bonchev–Trinajstić information content (AvgIpc) is 3.15. The predicted molar refractivity (Wildman–Crippen MR) is 120 cm³/mol. The summed E-state index contributed by atoms with van der Waals surface area (Å²) in [4.78, 5) is 17.4. The third kappa shape index (κ3) is 5.70. The Labute approximate surface area is 182 Å². The molecule has 30 heavy (non-hydrogen) atoms. The van der Waals surface area contributed by atoms with E-state index in [1.165, 1.54) is 17.3 Å². The van der Waals surface area contributed by atoms with Crippen molar-refractivity contribution in [1.29, 1.82) is 0 Å². The molecule has 3 aromatic rings. The predicted octanol–water partition coefficient (Wildman–Crippen LogP) is 4.60. The van der Waals surface area contributed by atoms with E-state index >= 15 is 0 Å². The molecule has 158 valence electrons. The van der Waals surface area contributed by atoms with Gasteiger partial charge in [0, 0.05) is 12.1 Å². The van der Waals surface area contributed by atoms with Crippen molar-refractivity contribution in [2.75, 3.05) is 5.75 Å². The molecule has 7 heteroatoms. The van der Waals surface area contributed by atoms with Crippen LogP contribution in [0.25, 0.3) is 11.4 Å². The van der Waals surface area contributed by atoms with Gasteiger partial charge in [0.05, 0.1) is 12.4 Å². The van der Waals surface area contributed by atoms with E-state index in [-0.39, 0.29) is 17.1 Å². The maximum absolute atomic E-state index is 12.1. The minimum absolute atomic E-state index is 0.105. The van der Waals surface area contributed by atoms with Gasteiger partial charge in [-0.05, 0) is 23.5 Å². The smallest absolute Gasteiger partial charge is 0.254 e. The summed E-state index contributed by atoms with van der Waals surface area (Å²) in [6.07, 6.45) is 0.